The molecule has 0 saturated heterocycles. The average molecular weight is 401 g/mol. The number of nitrogens with zero attached hydrogens (tertiary/aromatic N) is 2. The fraction of sp³-hybridized carbons (Fsp3) is 0.360. The Morgan fingerprint density at radius 1 is 1.37 bits per heavy atom. The first-order chi connectivity index (χ1) is 14.6. The van der Waals surface area contributed by atoms with Crippen LogP contribution in [-0.2, 0) is 17.8 Å². The molecule has 0 saturated carbocycles. The first-order valence-corrected chi connectivity index (χ1v) is 10.5. The van der Waals surface area contributed by atoms with Crippen LogP contribution >= 0.6 is 0 Å². The molecule has 3 aromatic rings. The highest BCUT2D eigenvalue weighted by molar-refractivity contribution is 5.90. The molecule has 2 atom stereocenters. The third-order valence-electron chi connectivity index (χ3n) is 5.68. The van der Waals surface area contributed by atoms with Crippen molar-refractivity contribution in [2.45, 2.75) is 45.3 Å². The normalized spacial score (nSPS) is 18.2. The van der Waals surface area contributed by atoms with Crippen LogP contribution in [0.3, 0.4) is 0 Å². The molecule has 3 heterocycles. The maximum Gasteiger partial charge on any atom is 0.238 e. The molecular formula is C25H28N4O. The van der Waals surface area contributed by atoms with Gasteiger partial charge in [-0.25, -0.2) is 0 Å². The molecule has 154 valence electrons. The topological polar surface area (TPSA) is 59.0 Å². The quantitative estimate of drug-likeness (QED) is 0.623. The van der Waals surface area contributed by atoms with Gasteiger partial charge in [0.15, 0.2) is 0 Å². The number of hydrogen-bond donors (Lipinski definition) is 2. The van der Waals surface area contributed by atoms with Crippen molar-refractivity contribution < 1.29 is 4.79 Å². The standard InChI is InChI=1S/C25H28N4O/c1-4-10-27-25(30)22-13-19-16-29(15-18-7-6-11-26-14-18)23-9-5-8-20(24(19)23)21(28-22)12-17(2)3/h1,5-9,11,14,16-17,21-22,28H,10,12-13,15H2,2-3H3,(H,27,30). The van der Waals surface area contributed by atoms with Gasteiger partial charge in [-0.2, -0.15) is 0 Å². The van der Waals surface area contributed by atoms with Crippen molar-refractivity contribution in [3.63, 3.8) is 0 Å². The first kappa shape index (κ1) is 20.2. The van der Waals surface area contributed by atoms with Crippen LogP contribution in [0.25, 0.3) is 10.9 Å². The zero-order valence-corrected chi connectivity index (χ0v) is 17.6. The summed E-state index contributed by atoms with van der Waals surface area (Å²) in [5, 5.41) is 7.74. The minimum Gasteiger partial charge on any atom is -0.344 e. The molecule has 5 heteroatoms. The number of carbonyl (C=O) groups is 1. The molecule has 4 rings (SSSR count). The summed E-state index contributed by atoms with van der Waals surface area (Å²) < 4.78 is 2.28. The predicted molar refractivity (Wildman–Crippen MR) is 120 cm³/mol. The maximum absolute atomic E-state index is 12.8. The van der Waals surface area contributed by atoms with E-state index in [1.807, 2.05) is 12.3 Å². The lowest BCUT2D eigenvalue weighted by atomic mass is 9.94. The minimum atomic E-state index is -0.313. The summed E-state index contributed by atoms with van der Waals surface area (Å²) in [6, 6.07) is 10.3. The van der Waals surface area contributed by atoms with Crippen LogP contribution in [0.5, 0.6) is 0 Å². The second-order valence-electron chi connectivity index (χ2n) is 8.41. The van der Waals surface area contributed by atoms with E-state index in [0.29, 0.717) is 12.3 Å². The highest BCUT2D eigenvalue weighted by Crippen LogP contribution is 2.36. The lowest BCUT2D eigenvalue weighted by Gasteiger charge is -2.25. The van der Waals surface area contributed by atoms with Gasteiger partial charge in [-0.15, -0.1) is 6.42 Å². The van der Waals surface area contributed by atoms with Crippen molar-refractivity contribution in [1.82, 2.24) is 20.2 Å². The summed E-state index contributed by atoms with van der Waals surface area (Å²) in [5.74, 6) is 2.96. The van der Waals surface area contributed by atoms with Gasteiger partial charge in [-0.1, -0.05) is 38.0 Å². The Balaban J connectivity index is 1.77. The monoisotopic (exact) mass is 400 g/mol. The Labute approximate surface area is 177 Å². The summed E-state index contributed by atoms with van der Waals surface area (Å²) >= 11 is 0. The lowest BCUT2D eigenvalue weighted by molar-refractivity contribution is -0.123. The van der Waals surface area contributed by atoms with Gasteiger partial charge in [-0.05, 0) is 47.6 Å². The molecule has 0 aliphatic carbocycles. The van der Waals surface area contributed by atoms with Crippen LogP contribution in [-0.4, -0.2) is 28.0 Å². The van der Waals surface area contributed by atoms with Crippen LogP contribution in [0.15, 0.2) is 48.9 Å². The average Bonchev–Trinajstić information content (AvgIpc) is 3.00. The SMILES string of the molecule is C#CCNC(=O)C1Cc2cn(Cc3cccnc3)c3cccc(c23)C(CC(C)C)N1. The Kier molecular flexibility index (Phi) is 5.87. The van der Waals surface area contributed by atoms with Crippen molar-refractivity contribution in [1.29, 1.82) is 0 Å². The molecule has 30 heavy (non-hydrogen) atoms. The molecule has 1 aliphatic rings. The van der Waals surface area contributed by atoms with Crippen molar-refractivity contribution in [3.05, 3.63) is 65.6 Å². The largest absolute Gasteiger partial charge is 0.344 e. The summed E-state index contributed by atoms with van der Waals surface area (Å²) in [6.45, 7) is 5.43. The number of terminal acetylenes is 1. The van der Waals surface area contributed by atoms with Crippen molar-refractivity contribution in [3.8, 4) is 12.3 Å². The summed E-state index contributed by atoms with van der Waals surface area (Å²) in [5.41, 5.74) is 4.83. The second-order valence-corrected chi connectivity index (χ2v) is 8.41. The fourth-order valence-corrected chi connectivity index (χ4v) is 4.44. The van der Waals surface area contributed by atoms with Gasteiger partial charge in [0.05, 0.1) is 12.6 Å². The molecule has 0 bridgehead atoms. The van der Waals surface area contributed by atoms with E-state index in [-0.39, 0.29) is 24.5 Å². The first-order valence-electron chi connectivity index (χ1n) is 10.5. The predicted octanol–water partition coefficient (Wildman–Crippen LogP) is 3.44. The van der Waals surface area contributed by atoms with E-state index in [1.165, 1.54) is 22.0 Å². The maximum atomic E-state index is 12.8. The van der Waals surface area contributed by atoms with Gasteiger partial charge in [-0.3, -0.25) is 15.1 Å². The fourth-order valence-electron chi connectivity index (χ4n) is 4.44. The van der Waals surface area contributed by atoms with Gasteiger partial charge in [0.25, 0.3) is 0 Å². The number of rotatable bonds is 6. The highest BCUT2D eigenvalue weighted by Gasteiger charge is 2.30. The van der Waals surface area contributed by atoms with Crippen molar-refractivity contribution >= 4 is 16.8 Å². The Hall–Kier alpha value is -3.10. The third-order valence-corrected chi connectivity index (χ3v) is 5.68. The third kappa shape index (κ3) is 4.10. The van der Waals surface area contributed by atoms with Crippen LogP contribution in [0, 0.1) is 18.3 Å². The highest BCUT2D eigenvalue weighted by atomic mass is 16.2. The number of benzene rings is 1. The van der Waals surface area contributed by atoms with Crippen LogP contribution in [0.1, 0.15) is 43.0 Å². The van der Waals surface area contributed by atoms with E-state index in [1.54, 1.807) is 6.20 Å². The Bertz CT molecular complexity index is 1080. The van der Waals surface area contributed by atoms with Gasteiger partial charge in [0.2, 0.25) is 5.91 Å². The number of pyridine rings is 1. The van der Waals surface area contributed by atoms with E-state index in [2.05, 4.69) is 70.4 Å². The van der Waals surface area contributed by atoms with Gasteiger partial charge in [0.1, 0.15) is 0 Å². The molecule has 2 unspecified atom stereocenters. The summed E-state index contributed by atoms with van der Waals surface area (Å²) in [4.78, 5) is 17.1. The van der Waals surface area contributed by atoms with Crippen molar-refractivity contribution in [2.75, 3.05) is 6.54 Å². The van der Waals surface area contributed by atoms with Gasteiger partial charge >= 0.3 is 0 Å². The molecule has 0 fully saturated rings. The second kappa shape index (κ2) is 8.73. The van der Waals surface area contributed by atoms with E-state index in [9.17, 15) is 4.79 Å². The number of amides is 1. The lowest BCUT2D eigenvalue weighted by Crippen LogP contribution is -2.46. The molecule has 0 spiro atoms. The Morgan fingerprint density at radius 2 is 2.23 bits per heavy atom. The molecule has 1 aliphatic heterocycles. The van der Waals surface area contributed by atoms with E-state index < -0.39 is 0 Å². The zero-order chi connectivity index (χ0) is 21.1. The molecule has 5 nitrogen and oxygen atoms in total. The van der Waals surface area contributed by atoms with Crippen LogP contribution in [0.2, 0.25) is 0 Å². The van der Waals surface area contributed by atoms with E-state index >= 15 is 0 Å². The summed E-state index contributed by atoms with van der Waals surface area (Å²) in [7, 11) is 0. The van der Waals surface area contributed by atoms with Gasteiger partial charge < -0.3 is 9.88 Å². The molecule has 1 amide bonds. The number of hydrogen-bond acceptors (Lipinski definition) is 3. The van der Waals surface area contributed by atoms with E-state index in [4.69, 9.17) is 6.42 Å². The van der Waals surface area contributed by atoms with Crippen molar-refractivity contribution in [2.24, 2.45) is 5.92 Å². The molecule has 1 aromatic carbocycles. The zero-order valence-electron chi connectivity index (χ0n) is 17.6. The number of aromatic nitrogens is 2. The Morgan fingerprint density at radius 3 is 2.97 bits per heavy atom. The molecular weight excluding hydrogens is 372 g/mol. The minimum absolute atomic E-state index is 0.0392. The molecule has 2 aromatic heterocycles. The number of nitrogens with one attached hydrogen (secondary N) is 2. The number of carbonyl (C=O) groups excluding carboxylic acids is 1. The van der Waals surface area contributed by atoms with Gasteiger partial charge in [0, 0.05) is 42.1 Å². The van der Waals surface area contributed by atoms with E-state index in [0.717, 1.165) is 18.5 Å². The van der Waals surface area contributed by atoms with Crippen LogP contribution in [0.4, 0.5) is 0 Å². The summed E-state index contributed by atoms with van der Waals surface area (Å²) in [6.07, 6.45) is 12.8. The molecule has 0 radical (unpaired) electrons. The molecule has 2 N–H and O–H groups in total. The van der Waals surface area contributed by atoms with Crippen LogP contribution < -0.4 is 10.6 Å². The smallest absolute Gasteiger partial charge is 0.238 e.